The molecule has 0 aliphatic carbocycles. The van der Waals surface area contributed by atoms with Crippen LogP contribution in [0.25, 0.3) is 0 Å². The zero-order chi connectivity index (χ0) is 19.7. The lowest BCUT2D eigenvalue weighted by atomic mass is 10.1. The van der Waals surface area contributed by atoms with Crippen molar-refractivity contribution in [3.63, 3.8) is 0 Å². The summed E-state index contributed by atoms with van der Waals surface area (Å²) in [6.45, 7) is 0.786. The Morgan fingerprint density at radius 3 is 2.15 bits per heavy atom. The van der Waals surface area contributed by atoms with E-state index in [1.54, 1.807) is 0 Å². The van der Waals surface area contributed by atoms with Gasteiger partial charge in [-0.25, -0.2) is 12.8 Å². The first kappa shape index (κ1) is 20.1. The van der Waals surface area contributed by atoms with Crippen LogP contribution >= 0.6 is 0 Å². The summed E-state index contributed by atoms with van der Waals surface area (Å²) >= 11 is 0. The van der Waals surface area contributed by atoms with Gasteiger partial charge >= 0.3 is 6.18 Å². The van der Waals surface area contributed by atoms with Crippen LogP contribution in [-0.2, 0) is 17.1 Å². The fourth-order valence-corrected chi connectivity index (χ4v) is 4.17. The van der Waals surface area contributed by atoms with Gasteiger partial charge in [0.1, 0.15) is 11.9 Å². The molecule has 1 atom stereocenters. The number of aryl methyl sites for hydroxylation is 1. The van der Waals surface area contributed by atoms with E-state index >= 15 is 0 Å². The van der Waals surface area contributed by atoms with Crippen LogP contribution in [0.2, 0.25) is 0 Å². The van der Waals surface area contributed by atoms with Gasteiger partial charge in [0.2, 0.25) is 15.6 Å². The maximum Gasteiger partial charge on any atom is 0.409 e. The summed E-state index contributed by atoms with van der Waals surface area (Å²) in [5, 5.41) is 0. The number of benzene rings is 1. The van der Waals surface area contributed by atoms with Crippen molar-refractivity contribution in [1.82, 2.24) is 8.87 Å². The second-order valence-electron chi connectivity index (χ2n) is 5.52. The Morgan fingerprint density at radius 2 is 1.69 bits per heavy atom. The molecule has 1 unspecified atom stereocenters. The highest BCUT2D eigenvalue weighted by Crippen LogP contribution is 2.40. The summed E-state index contributed by atoms with van der Waals surface area (Å²) < 4.78 is 80.9. The van der Waals surface area contributed by atoms with Crippen molar-refractivity contribution < 1.29 is 26.0 Å². The SMILES string of the molecule is CCN(C(c1ccc(F)cc1)C(F)(F)F)S(=O)(=O)c1ccc(=O)n(C)c1. The molecular formula is C16H16F4N2O3S. The Morgan fingerprint density at radius 1 is 1.12 bits per heavy atom. The van der Waals surface area contributed by atoms with Gasteiger partial charge in [-0.15, -0.1) is 0 Å². The molecule has 2 aromatic rings. The standard InChI is InChI=1S/C16H16F4N2O3S/c1-3-22(26(24,25)13-8-9-14(23)21(2)10-13)15(16(18,19)20)11-4-6-12(17)7-5-11/h4-10,15H,3H2,1-2H3. The Labute approximate surface area is 147 Å². The molecular weight excluding hydrogens is 376 g/mol. The van der Waals surface area contributed by atoms with Crippen molar-refractivity contribution in [2.24, 2.45) is 7.05 Å². The van der Waals surface area contributed by atoms with E-state index in [4.69, 9.17) is 0 Å². The maximum atomic E-state index is 13.7. The number of hydrogen-bond acceptors (Lipinski definition) is 3. The van der Waals surface area contributed by atoms with Crippen molar-refractivity contribution in [2.45, 2.75) is 24.0 Å². The normalized spacial score (nSPS) is 13.8. The number of nitrogens with zero attached hydrogens (tertiary/aromatic N) is 2. The monoisotopic (exact) mass is 392 g/mol. The van der Waals surface area contributed by atoms with Gasteiger partial charge in [-0.3, -0.25) is 4.79 Å². The van der Waals surface area contributed by atoms with Crippen LogP contribution in [0.4, 0.5) is 17.6 Å². The van der Waals surface area contributed by atoms with Gasteiger partial charge in [0.05, 0.1) is 4.90 Å². The average molecular weight is 392 g/mol. The Hall–Kier alpha value is -2.20. The molecule has 1 heterocycles. The third-order valence-electron chi connectivity index (χ3n) is 3.76. The zero-order valence-corrected chi connectivity index (χ0v) is 14.7. The molecule has 0 aliphatic heterocycles. The number of rotatable bonds is 5. The molecule has 142 valence electrons. The minimum atomic E-state index is -4.93. The molecule has 5 nitrogen and oxygen atoms in total. The predicted octanol–water partition coefficient (Wildman–Crippen LogP) is 2.84. The summed E-state index contributed by atoms with van der Waals surface area (Å²) in [6.07, 6.45) is -3.97. The largest absolute Gasteiger partial charge is 0.409 e. The van der Waals surface area contributed by atoms with Crippen LogP contribution in [0.5, 0.6) is 0 Å². The van der Waals surface area contributed by atoms with Gasteiger partial charge in [0.25, 0.3) is 0 Å². The fraction of sp³-hybridized carbons (Fsp3) is 0.312. The highest BCUT2D eigenvalue weighted by molar-refractivity contribution is 7.89. The van der Waals surface area contributed by atoms with Gasteiger partial charge < -0.3 is 4.57 Å². The quantitative estimate of drug-likeness (QED) is 0.736. The minimum absolute atomic E-state index is 0.278. The van der Waals surface area contributed by atoms with Gasteiger partial charge in [-0.1, -0.05) is 19.1 Å². The molecule has 26 heavy (non-hydrogen) atoms. The van der Waals surface area contributed by atoms with E-state index in [0.717, 1.165) is 47.2 Å². The highest BCUT2D eigenvalue weighted by atomic mass is 32.2. The van der Waals surface area contributed by atoms with Gasteiger partial charge in [0, 0.05) is 25.9 Å². The average Bonchev–Trinajstić information content (AvgIpc) is 2.54. The molecule has 0 amide bonds. The fourth-order valence-electron chi connectivity index (χ4n) is 2.51. The van der Waals surface area contributed by atoms with E-state index in [1.165, 1.54) is 14.0 Å². The number of aromatic nitrogens is 1. The van der Waals surface area contributed by atoms with E-state index in [9.17, 15) is 30.8 Å². The topological polar surface area (TPSA) is 59.4 Å². The Balaban J connectivity index is 2.61. The van der Waals surface area contributed by atoms with E-state index < -0.39 is 50.6 Å². The van der Waals surface area contributed by atoms with Crippen molar-refractivity contribution >= 4 is 10.0 Å². The summed E-state index contributed by atoms with van der Waals surface area (Å²) in [4.78, 5) is 11.0. The molecule has 10 heteroatoms. The van der Waals surface area contributed by atoms with Crippen LogP contribution in [0.15, 0.2) is 52.3 Å². The molecule has 0 saturated heterocycles. The third-order valence-corrected chi connectivity index (χ3v) is 5.68. The van der Waals surface area contributed by atoms with Crippen LogP contribution in [-0.4, -0.2) is 30.0 Å². The number of sulfonamides is 1. The number of hydrogen-bond donors (Lipinski definition) is 0. The van der Waals surface area contributed by atoms with E-state index in [2.05, 4.69) is 0 Å². The molecule has 0 saturated carbocycles. The summed E-state index contributed by atoms with van der Waals surface area (Å²) in [7, 11) is -3.28. The van der Waals surface area contributed by atoms with Gasteiger partial charge in [-0.05, 0) is 23.8 Å². The summed E-state index contributed by atoms with van der Waals surface area (Å²) in [6, 6.07) is 2.88. The van der Waals surface area contributed by atoms with Gasteiger partial charge in [0.15, 0.2) is 0 Å². The lowest BCUT2D eigenvalue weighted by molar-refractivity contribution is -0.173. The molecule has 1 aromatic carbocycles. The van der Waals surface area contributed by atoms with Crippen molar-refractivity contribution in [3.8, 4) is 0 Å². The van der Waals surface area contributed by atoms with Crippen molar-refractivity contribution in [2.75, 3.05) is 6.54 Å². The van der Waals surface area contributed by atoms with Gasteiger partial charge in [-0.2, -0.15) is 17.5 Å². The highest BCUT2D eigenvalue weighted by Gasteiger charge is 2.48. The predicted molar refractivity (Wildman–Crippen MR) is 86.4 cm³/mol. The number of pyridine rings is 1. The Kier molecular flexibility index (Phi) is 5.57. The molecule has 0 N–H and O–H groups in total. The number of halogens is 4. The number of alkyl halides is 3. The molecule has 0 aliphatic rings. The zero-order valence-electron chi connectivity index (χ0n) is 13.9. The molecule has 1 aromatic heterocycles. The third kappa shape index (κ3) is 3.96. The molecule has 2 rings (SSSR count). The van der Waals surface area contributed by atoms with E-state index in [1.807, 2.05) is 0 Å². The van der Waals surface area contributed by atoms with E-state index in [0.29, 0.717) is 0 Å². The first-order valence-corrected chi connectivity index (χ1v) is 8.93. The molecule has 0 spiro atoms. The van der Waals surface area contributed by atoms with Crippen LogP contribution in [0.3, 0.4) is 0 Å². The van der Waals surface area contributed by atoms with Crippen molar-refractivity contribution in [3.05, 3.63) is 64.3 Å². The maximum absolute atomic E-state index is 13.7. The summed E-state index contributed by atoms with van der Waals surface area (Å²) in [5.41, 5.74) is -0.910. The van der Waals surface area contributed by atoms with Crippen LogP contribution < -0.4 is 5.56 Å². The second kappa shape index (κ2) is 7.20. The van der Waals surface area contributed by atoms with Crippen LogP contribution in [0, 0.1) is 5.82 Å². The first-order chi connectivity index (χ1) is 12.0. The lowest BCUT2D eigenvalue weighted by Crippen LogP contribution is -2.42. The Bertz CT molecular complexity index is 937. The first-order valence-electron chi connectivity index (χ1n) is 7.49. The van der Waals surface area contributed by atoms with Crippen molar-refractivity contribution in [1.29, 1.82) is 0 Å². The molecule has 0 bridgehead atoms. The molecule has 0 radical (unpaired) electrons. The minimum Gasteiger partial charge on any atom is -0.317 e. The van der Waals surface area contributed by atoms with E-state index in [-0.39, 0.29) is 4.31 Å². The smallest absolute Gasteiger partial charge is 0.317 e. The van der Waals surface area contributed by atoms with Crippen LogP contribution in [0.1, 0.15) is 18.5 Å². The second-order valence-corrected chi connectivity index (χ2v) is 7.41. The molecule has 0 fully saturated rings. The lowest BCUT2D eigenvalue weighted by Gasteiger charge is -2.31. The summed E-state index contributed by atoms with van der Waals surface area (Å²) in [5.74, 6) is -0.737.